The summed E-state index contributed by atoms with van der Waals surface area (Å²) in [6.45, 7) is 0.137. The van der Waals surface area contributed by atoms with Crippen molar-refractivity contribution in [1.29, 1.82) is 0 Å². The molecular formula is C15H11N3O4. The number of para-hydroxylation sites is 1. The molecule has 1 heterocycles. The van der Waals surface area contributed by atoms with E-state index in [4.69, 9.17) is 0 Å². The average Bonchev–Trinajstić information content (AvgIpc) is 2.52. The summed E-state index contributed by atoms with van der Waals surface area (Å²) in [5.41, 5.74) is 0.0571. The Morgan fingerprint density at radius 3 is 2.64 bits per heavy atom. The van der Waals surface area contributed by atoms with Crippen LogP contribution in [-0.2, 0) is 6.54 Å². The number of nitrogens with one attached hydrogen (secondary N) is 1. The first-order chi connectivity index (χ1) is 10.6. The lowest BCUT2D eigenvalue weighted by Gasteiger charge is -2.09. The number of nitrogens with zero attached hydrogens (tertiary/aromatic N) is 2. The number of H-pyrrole nitrogens is 1. The van der Waals surface area contributed by atoms with Crippen molar-refractivity contribution >= 4 is 16.6 Å². The predicted octanol–water partition coefficient (Wildman–Crippen LogP) is 1.65. The van der Waals surface area contributed by atoms with Crippen LogP contribution in [0.15, 0.2) is 58.1 Å². The number of benzene rings is 2. The highest BCUT2D eigenvalue weighted by Crippen LogP contribution is 2.15. The van der Waals surface area contributed by atoms with Gasteiger partial charge in [-0.25, -0.2) is 4.79 Å². The van der Waals surface area contributed by atoms with Gasteiger partial charge in [0.2, 0.25) is 0 Å². The molecule has 0 spiro atoms. The first kappa shape index (κ1) is 13.7. The lowest BCUT2D eigenvalue weighted by molar-refractivity contribution is -0.384. The highest BCUT2D eigenvalue weighted by molar-refractivity contribution is 5.77. The van der Waals surface area contributed by atoms with Crippen LogP contribution in [0, 0.1) is 10.1 Å². The summed E-state index contributed by atoms with van der Waals surface area (Å²) in [4.78, 5) is 36.4. The molecule has 22 heavy (non-hydrogen) atoms. The van der Waals surface area contributed by atoms with Gasteiger partial charge in [0.25, 0.3) is 11.2 Å². The maximum Gasteiger partial charge on any atom is 0.329 e. The fourth-order valence-electron chi connectivity index (χ4n) is 2.35. The van der Waals surface area contributed by atoms with Gasteiger partial charge >= 0.3 is 5.69 Å². The third kappa shape index (κ3) is 2.39. The van der Waals surface area contributed by atoms with Crippen molar-refractivity contribution in [3.8, 4) is 0 Å². The molecule has 0 aliphatic rings. The van der Waals surface area contributed by atoms with Crippen LogP contribution < -0.4 is 11.2 Å². The van der Waals surface area contributed by atoms with E-state index >= 15 is 0 Å². The normalized spacial score (nSPS) is 10.7. The Bertz CT molecular complexity index is 988. The number of non-ortho nitro benzene ring substituents is 1. The van der Waals surface area contributed by atoms with Gasteiger partial charge in [0.15, 0.2) is 0 Å². The molecule has 1 aromatic heterocycles. The molecule has 0 amide bonds. The Morgan fingerprint density at radius 1 is 1.09 bits per heavy atom. The molecule has 2 aromatic carbocycles. The van der Waals surface area contributed by atoms with E-state index in [1.807, 2.05) is 0 Å². The Kier molecular flexibility index (Phi) is 3.30. The van der Waals surface area contributed by atoms with Crippen molar-refractivity contribution in [2.75, 3.05) is 0 Å². The maximum absolute atomic E-state index is 12.1. The molecule has 0 bridgehead atoms. The zero-order chi connectivity index (χ0) is 15.7. The zero-order valence-electron chi connectivity index (χ0n) is 11.4. The van der Waals surface area contributed by atoms with Gasteiger partial charge in [-0.1, -0.05) is 24.3 Å². The minimum absolute atomic E-state index is 0.0423. The summed E-state index contributed by atoms with van der Waals surface area (Å²) in [6, 6.07) is 12.8. The molecule has 3 aromatic rings. The van der Waals surface area contributed by atoms with Crippen LogP contribution in [0.2, 0.25) is 0 Å². The first-order valence-corrected chi connectivity index (χ1v) is 6.51. The van der Waals surface area contributed by atoms with Gasteiger partial charge < -0.3 is 0 Å². The molecule has 110 valence electrons. The second-order valence-electron chi connectivity index (χ2n) is 4.79. The SMILES string of the molecule is O=c1[nH]c(=O)n(Cc2cccc([N+](=O)[O-])c2)c2ccccc12. The minimum atomic E-state index is -0.546. The first-order valence-electron chi connectivity index (χ1n) is 6.51. The van der Waals surface area contributed by atoms with Gasteiger partial charge in [0.1, 0.15) is 0 Å². The summed E-state index contributed by atoms with van der Waals surface area (Å²) in [6.07, 6.45) is 0. The van der Waals surface area contributed by atoms with E-state index in [9.17, 15) is 19.7 Å². The third-order valence-corrected chi connectivity index (χ3v) is 3.37. The Hall–Kier alpha value is -3.22. The van der Waals surface area contributed by atoms with Crippen molar-refractivity contribution in [3.63, 3.8) is 0 Å². The van der Waals surface area contributed by atoms with Gasteiger partial charge in [-0.05, 0) is 17.7 Å². The van der Waals surface area contributed by atoms with Crippen molar-refractivity contribution in [2.24, 2.45) is 0 Å². The van der Waals surface area contributed by atoms with Crippen molar-refractivity contribution in [1.82, 2.24) is 9.55 Å². The van der Waals surface area contributed by atoms with E-state index < -0.39 is 16.2 Å². The van der Waals surface area contributed by atoms with Crippen LogP contribution >= 0.6 is 0 Å². The molecule has 0 radical (unpaired) electrons. The number of aromatic amines is 1. The van der Waals surface area contributed by atoms with Crippen LogP contribution in [0.25, 0.3) is 10.9 Å². The quantitative estimate of drug-likeness (QED) is 0.587. The lowest BCUT2D eigenvalue weighted by Crippen LogP contribution is -2.30. The molecule has 0 saturated heterocycles. The largest absolute Gasteiger partial charge is 0.329 e. The second-order valence-corrected chi connectivity index (χ2v) is 4.79. The fourth-order valence-corrected chi connectivity index (χ4v) is 2.35. The molecule has 0 aliphatic carbocycles. The molecular weight excluding hydrogens is 286 g/mol. The Balaban J connectivity index is 2.16. The molecule has 0 aliphatic heterocycles. The van der Waals surface area contributed by atoms with Crippen LogP contribution in [-0.4, -0.2) is 14.5 Å². The summed E-state index contributed by atoms with van der Waals surface area (Å²) in [5.74, 6) is 0. The lowest BCUT2D eigenvalue weighted by atomic mass is 10.2. The molecule has 0 atom stereocenters. The van der Waals surface area contributed by atoms with Crippen LogP contribution in [0.4, 0.5) is 5.69 Å². The molecule has 0 unspecified atom stereocenters. The number of nitro benzene ring substituents is 1. The van der Waals surface area contributed by atoms with Gasteiger partial charge in [-0.3, -0.25) is 24.5 Å². The topological polar surface area (TPSA) is 98.0 Å². The number of nitro groups is 1. The molecule has 7 nitrogen and oxygen atoms in total. The standard InChI is InChI=1S/C15H11N3O4/c19-14-12-6-1-2-7-13(12)17(15(20)16-14)9-10-4-3-5-11(8-10)18(21)22/h1-8H,9H2,(H,16,19,20). The van der Waals surface area contributed by atoms with E-state index in [-0.39, 0.29) is 12.2 Å². The highest BCUT2D eigenvalue weighted by atomic mass is 16.6. The van der Waals surface area contributed by atoms with Gasteiger partial charge in [0, 0.05) is 12.1 Å². The van der Waals surface area contributed by atoms with Gasteiger partial charge in [0.05, 0.1) is 22.4 Å². The van der Waals surface area contributed by atoms with E-state index in [2.05, 4.69) is 4.98 Å². The van der Waals surface area contributed by atoms with Crippen LogP contribution in [0.3, 0.4) is 0 Å². The number of hydrogen-bond acceptors (Lipinski definition) is 4. The summed E-state index contributed by atoms with van der Waals surface area (Å²) < 4.78 is 1.38. The molecule has 0 fully saturated rings. The van der Waals surface area contributed by atoms with Crippen molar-refractivity contribution in [2.45, 2.75) is 6.54 Å². The third-order valence-electron chi connectivity index (χ3n) is 3.37. The summed E-state index contributed by atoms with van der Waals surface area (Å²) in [5, 5.41) is 11.2. The average molecular weight is 297 g/mol. The van der Waals surface area contributed by atoms with E-state index in [0.29, 0.717) is 16.5 Å². The summed E-state index contributed by atoms with van der Waals surface area (Å²) in [7, 11) is 0. The van der Waals surface area contributed by atoms with E-state index in [1.165, 1.54) is 16.7 Å². The maximum atomic E-state index is 12.1. The van der Waals surface area contributed by atoms with E-state index in [0.717, 1.165) is 0 Å². The molecule has 0 saturated carbocycles. The molecule has 1 N–H and O–H groups in total. The van der Waals surface area contributed by atoms with Crippen molar-refractivity contribution < 1.29 is 4.92 Å². The number of hydrogen-bond donors (Lipinski definition) is 1. The molecule has 7 heteroatoms. The highest BCUT2D eigenvalue weighted by Gasteiger charge is 2.10. The second kappa shape index (κ2) is 5.28. The number of rotatable bonds is 3. The van der Waals surface area contributed by atoms with Crippen LogP contribution in [0.5, 0.6) is 0 Å². The van der Waals surface area contributed by atoms with Crippen molar-refractivity contribution in [3.05, 3.63) is 85.0 Å². The van der Waals surface area contributed by atoms with E-state index in [1.54, 1.807) is 36.4 Å². The fraction of sp³-hybridized carbons (Fsp3) is 0.0667. The zero-order valence-corrected chi connectivity index (χ0v) is 11.4. The number of fused-ring (bicyclic) bond motifs is 1. The predicted molar refractivity (Wildman–Crippen MR) is 81.0 cm³/mol. The smallest absolute Gasteiger partial charge is 0.289 e. The molecule has 3 rings (SSSR count). The van der Waals surface area contributed by atoms with Gasteiger partial charge in [-0.15, -0.1) is 0 Å². The van der Waals surface area contributed by atoms with Crippen LogP contribution in [0.1, 0.15) is 5.56 Å². The Morgan fingerprint density at radius 2 is 1.86 bits per heavy atom. The Labute approximate surface area is 123 Å². The van der Waals surface area contributed by atoms with Gasteiger partial charge in [-0.2, -0.15) is 0 Å². The minimum Gasteiger partial charge on any atom is -0.289 e. The summed E-state index contributed by atoms with van der Waals surface area (Å²) >= 11 is 0. The number of aromatic nitrogens is 2. The monoisotopic (exact) mass is 297 g/mol.